The third-order valence-corrected chi connectivity index (χ3v) is 3.70. The Kier molecular flexibility index (Phi) is 4.88. The van der Waals surface area contributed by atoms with Gasteiger partial charge in [-0.2, -0.15) is 0 Å². The smallest absolute Gasteiger partial charge is 0.263 e. The van der Waals surface area contributed by atoms with Gasteiger partial charge in [-0.05, 0) is 30.0 Å². The molecule has 0 aliphatic carbocycles. The molecule has 1 aromatic rings. The van der Waals surface area contributed by atoms with E-state index in [1.807, 2.05) is 12.1 Å². The van der Waals surface area contributed by atoms with Crippen molar-refractivity contribution in [1.29, 1.82) is 0 Å². The summed E-state index contributed by atoms with van der Waals surface area (Å²) >= 11 is 0. The maximum atomic E-state index is 12.3. The van der Waals surface area contributed by atoms with E-state index in [4.69, 9.17) is 9.47 Å². The summed E-state index contributed by atoms with van der Waals surface area (Å²) in [5, 5.41) is 0. The van der Waals surface area contributed by atoms with E-state index in [1.54, 1.807) is 11.8 Å². The standard InChI is InChI=1S/C17H25NO3/c1-13(16(19)18-9-11-20-12-10-18)21-15-7-5-14(6-8-15)17(2,3)4/h5-8,13H,9-12H2,1-4H3/t13-/m1/s1. The Hall–Kier alpha value is -1.55. The molecule has 0 aromatic heterocycles. The molecule has 0 radical (unpaired) electrons. The van der Waals surface area contributed by atoms with Crippen LogP contribution in [0.15, 0.2) is 24.3 Å². The lowest BCUT2D eigenvalue weighted by molar-refractivity contribution is -0.142. The van der Waals surface area contributed by atoms with E-state index in [2.05, 4.69) is 32.9 Å². The van der Waals surface area contributed by atoms with Crippen molar-refractivity contribution < 1.29 is 14.3 Å². The summed E-state index contributed by atoms with van der Waals surface area (Å²) in [5.41, 5.74) is 1.37. The van der Waals surface area contributed by atoms with Crippen LogP contribution in [0.5, 0.6) is 5.75 Å². The van der Waals surface area contributed by atoms with Crippen molar-refractivity contribution in [2.45, 2.75) is 39.2 Å². The lowest BCUT2D eigenvalue weighted by Crippen LogP contribution is -2.46. The molecule has 0 spiro atoms. The van der Waals surface area contributed by atoms with Crippen molar-refractivity contribution in [1.82, 2.24) is 4.90 Å². The van der Waals surface area contributed by atoms with Crippen LogP contribution in [-0.4, -0.2) is 43.2 Å². The monoisotopic (exact) mass is 291 g/mol. The van der Waals surface area contributed by atoms with E-state index in [-0.39, 0.29) is 11.3 Å². The first kappa shape index (κ1) is 15.8. The zero-order chi connectivity index (χ0) is 15.5. The summed E-state index contributed by atoms with van der Waals surface area (Å²) in [6.07, 6.45) is -0.469. The van der Waals surface area contributed by atoms with E-state index < -0.39 is 6.10 Å². The zero-order valence-electron chi connectivity index (χ0n) is 13.4. The molecule has 1 atom stereocenters. The predicted octanol–water partition coefficient (Wildman–Crippen LogP) is 2.61. The van der Waals surface area contributed by atoms with E-state index >= 15 is 0 Å². The van der Waals surface area contributed by atoms with Crippen LogP contribution in [-0.2, 0) is 14.9 Å². The molecule has 0 bridgehead atoms. The normalized spacial score (nSPS) is 17.4. The van der Waals surface area contributed by atoms with Crippen LogP contribution in [0, 0.1) is 0 Å². The number of rotatable bonds is 3. The Morgan fingerprint density at radius 2 is 1.76 bits per heavy atom. The number of amides is 1. The summed E-state index contributed by atoms with van der Waals surface area (Å²) in [6, 6.07) is 7.98. The van der Waals surface area contributed by atoms with E-state index in [0.717, 1.165) is 5.75 Å². The second-order valence-corrected chi connectivity index (χ2v) is 6.47. The Morgan fingerprint density at radius 1 is 1.19 bits per heavy atom. The van der Waals surface area contributed by atoms with Crippen LogP contribution in [0.1, 0.15) is 33.3 Å². The van der Waals surface area contributed by atoms with Crippen LogP contribution < -0.4 is 4.74 Å². The highest BCUT2D eigenvalue weighted by Gasteiger charge is 2.23. The summed E-state index contributed by atoms with van der Waals surface area (Å²) in [7, 11) is 0. The van der Waals surface area contributed by atoms with Gasteiger partial charge in [0, 0.05) is 13.1 Å². The minimum Gasteiger partial charge on any atom is -0.481 e. The molecule has 0 N–H and O–H groups in total. The minimum atomic E-state index is -0.469. The van der Waals surface area contributed by atoms with E-state index in [1.165, 1.54) is 5.56 Å². The fourth-order valence-electron chi connectivity index (χ4n) is 2.33. The molecule has 0 saturated carbocycles. The van der Waals surface area contributed by atoms with Crippen molar-refractivity contribution in [3.63, 3.8) is 0 Å². The molecule has 4 heteroatoms. The van der Waals surface area contributed by atoms with Gasteiger partial charge in [0.25, 0.3) is 5.91 Å². The molecule has 0 unspecified atom stereocenters. The second kappa shape index (κ2) is 6.48. The van der Waals surface area contributed by atoms with Gasteiger partial charge in [0.1, 0.15) is 5.75 Å². The van der Waals surface area contributed by atoms with Crippen LogP contribution in [0.2, 0.25) is 0 Å². The molecule has 4 nitrogen and oxygen atoms in total. The van der Waals surface area contributed by atoms with Gasteiger partial charge in [-0.3, -0.25) is 4.79 Å². The Bertz CT molecular complexity index is 470. The number of hydrogen-bond acceptors (Lipinski definition) is 3. The van der Waals surface area contributed by atoms with Crippen LogP contribution in [0.4, 0.5) is 0 Å². The Balaban J connectivity index is 1.95. The zero-order valence-corrected chi connectivity index (χ0v) is 13.4. The van der Waals surface area contributed by atoms with Crippen molar-refractivity contribution >= 4 is 5.91 Å². The largest absolute Gasteiger partial charge is 0.481 e. The first-order valence-electron chi connectivity index (χ1n) is 7.51. The Morgan fingerprint density at radius 3 is 2.29 bits per heavy atom. The van der Waals surface area contributed by atoms with Gasteiger partial charge in [0.15, 0.2) is 6.10 Å². The van der Waals surface area contributed by atoms with Gasteiger partial charge < -0.3 is 14.4 Å². The molecule has 1 heterocycles. The number of hydrogen-bond donors (Lipinski definition) is 0. The highest BCUT2D eigenvalue weighted by Crippen LogP contribution is 2.24. The number of ether oxygens (including phenoxy) is 2. The lowest BCUT2D eigenvalue weighted by Gasteiger charge is -2.29. The quantitative estimate of drug-likeness (QED) is 0.859. The minimum absolute atomic E-state index is 0.0261. The van der Waals surface area contributed by atoms with Crippen LogP contribution in [0.3, 0.4) is 0 Å². The second-order valence-electron chi connectivity index (χ2n) is 6.47. The fourth-order valence-corrected chi connectivity index (χ4v) is 2.33. The molecule has 2 rings (SSSR count). The predicted molar refractivity (Wildman–Crippen MR) is 82.6 cm³/mol. The van der Waals surface area contributed by atoms with Crippen molar-refractivity contribution in [2.75, 3.05) is 26.3 Å². The highest BCUT2D eigenvalue weighted by molar-refractivity contribution is 5.81. The average molecular weight is 291 g/mol. The number of nitrogens with zero attached hydrogens (tertiary/aromatic N) is 1. The van der Waals surface area contributed by atoms with Crippen molar-refractivity contribution in [2.24, 2.45) is 0 Å². The van der Waals surface area contributed by atoms with Crippen LogP contribution in [0.25, 0.3) is 0 Å². The lowest BCUT2D eigenvalue weighted by atomic mass is 9.87. The Labute approximate surface area is 127 Å². The SMILES string of the molecule is C[C@@H](Oc1ccc(C(C)(C)C)cc1)C(=O)N1CCOCC1. The van der Waals surface area contributed by atoms with Gasteiger partial charge in [0.2, 0.25) is 0 Å². The molecule has 21 heavy (non-hydrogen) atoms. The van der Waals surface area contributed by atoms with E-state index in [0.29, 0.717) is 26.3 Å². The molecule has 1 fully saturated rings. The molecule has 1 saturated heterocycles. The number of benzene rings is 1. The fraction of sp³-hybridized carbons (Fsp3) is 0.588. The maximum absolute atomic E-state index is 12.3. The van der Waals surface area contributed by atoms with Crippen molar-refractivity contribution in [3.8, 4) is 5.75 Å². The number of carbonyl (C=O) groups is 1. The van der Waals surface area contributed by atoms with Gasteiger partial charge >= 0.3 is 0 Å². The van der Waals surface area contributed by atoms with Gasteiger partial charge in [-0.15, -0.1) is 0 Å². The first-order chi connectivity index (χ1) is 9.88. The number of morpholine rings is 1. The van der Waals surface area contributed by atoms with Gasteiger partial charge in [0.05, 0.1) is 13.2 Å². The average Bonchev–Trinajstić information content (AvgIpc) is 2.47. The molecule has 116 valence electrons. The molecule has 1 aliphatic heterocycles. The third-order valence-electron chi connectivity index (χ3n) is 3.70. The summed E-state index contributed by atoms with van der Waals surface area (Å²) in [5.74, 6) is 0.760. The molecular weight excluding hydrogens is 266 g/mol. The third kappa shape index (κ3) is 4.21. The van der Waals surface area contributed by atoms with Crippen molar-refractivity contribution in [3.05, 3.63) is 29.8 Å². The topological polar surface area (TPSA) is 38.8 Å². The molecule has 1 amide bonds. The molecular formula is C17H25NO3. The van der Waals surface area contributed by atoms with Gasteiger partial charge in [-0.25, -0.2) is 0 Å². The van der Waals surface area contributed by atoms with E-state index in [9.17, 15) is 4.79 Å². The molecule has 1 aromatic carbocycles. The summed E-state index contributed by atoms with van der Waals surface area (Å²) < 4.78 is 11.0. The summed E-state index contributed by atoms with van der Waals surface area (Å²) in [4.78, 5) is 14.1. The van der Waals surface area contributed by atoms with Crippen LogP contribution >= 0.6 is 0 Å². The number of carbonyl (C=O) groups excluding carboxylic acids is 1. The molecule has 1 aliphatic rings. The summed E-state index contributed by atoms with van der Waals surface area (Å²) in [6.45, 7) is 10.8. The first-order valence-corrected chi connectivity index (χ1v) is 7.51. The van der Waals surface area contributed by atoms with Gasteiger partial charge in [-0.1, -0.05) is 32.9 Å². The maximum Gasteiger partial charge on any atom is 0.263 e. The highest BCUT2D eigenvalue weighted by atomic mass is 16.5.